The van der Waals surface area contributed by atoms with Crippen LogP contribution in [0.1, 0.15) is 67.5 Å². The van der Waals surface area contributed by atoms with Crippen molar-refractivity contribution in [1.29, 1.82) is 0 Å². The molecular weight excluding hydrogens is 1470 g/mol. The lowest BCUT2D eigenvalue weighted by atomic mass is 9.70. The van der Waals surface area contributed by atoms with E-state index in [1.165, 1.54) is 83.3 Å². The van der Waals surface area contributed by atoms with Crippen molar-refractivity contribution in [2.75, 3.05) is 27.2 Å². The van der Waals surface area contributed by atoms with E-state index in [2.05, 4.69) is 25.3 Å². The number of nitro groups is 1. The molecule has 3 amide bonds. The molecule has 4 aromatic heterocycles. The Labute approximate surface area is 578 Å². The molecule has 0 radical (unpaired) electrons. The maximum absolute atomic E-state index is 14.6. The zero-order valence-electron chi connectivity index (χ0n) is 49.3. The number of ether oxygens (including phenoxy) is 1. The van der Waals surface area contributed by atoms with Gasteiger partial charge in [0.15, 0.2) is 0 Å². The lowest BCUT2D eigenvalue weighted by Crippen LogP contribution is -2.42. The van der Waals surface area contributed by atoms with Crippen molar-refractivity contribution in [3.05, 3.63) is 190 Å². The van der Waals surface area contributed by atoms with E-state index in [1.807, 2.05) is 35.6 Å². The maximum atomic E-state index is 14.6. The molecule has 0 unspecified atom stereocenters. The van der Waals surface area contributed by atoms with Crippen LogP contribution in [0.2, 0.25) is 0 Å². The monoisotopic (exact) mass is 1530 g/mol. The second kappa shape index (κ2) is 36.9. The Kier molecular flexibility index (Phi) is 29.6. The third-order valence-electron chi connectivity index (χ3n) is 14.7. The molecule has 0 spiro atoms. The summed E-state index contributed by atoms with van der Waals surface area (Å²) in [6.07, 6.45) is 9.48. The lowest BCUT2D eigenvalue weighted by Gasteiger charge is -2.38. The van der Waals surface area contributed by atoms with E-state index in [-0.39, 0.29) is 65.4 Å². The molecule has 5 N–H and O–H groups in total. The zero-order chi connectivity index (χ0) is 66.7. The van der Waals surface area contributed by atoms with E-state index < -0.39 is 40.1 Å². The fourth-order valence-corrected chi connectivity index (χ4v) is 35.2. The van der Waals surface area contributed by atoms with Gasteiger partial charge in [0.2, 0.25) is 0 Å². The van der Waals surface area contributed by atoms with Crippen molar-refractivity contribution in [3.63, 3.8) is 0 Å². The summed E-state index contributed by atoms with van der Waals surface area (Å²) >= 11 is 9.40. The smallest absolute Gasteiger partial charge is 0.410 e. The molecule has 9 aromatic rings. The molecule has 0 bridgehead atoms. The summed E-state index contributed by atoms with van der Waals surface area (Å²) in [5, 5.41) is 14.6. The van der Waals surface area contributed by atoms with E-state index >= 15 is 0 Å². The lowest BCUT2D eigenvalue weighted by molar-refractivity contribution is -0.384. The van der Waals surface area contributed by atoms with Gasteiger partial charge in [-0.1, -0.05) is 7.43 Å². The van der Waals surface area contributed by atoms with Crippen LogP contribution in [0.25, 0.3) is 44.3 Å². The van der Waals surface area contributed by atoms with Crippen LogP contribution in [0.15, 0.2) is 122 Å². The van der Waals surface area contributed by atoms with Crippen LogP contribution in [0.3, 0.4) is 0 Å². The van der Waals surface area contributed by atoms with Gasteiger partial charge in [-0.25, -0.2) is 45.9 Å². The number of hydrogen-bond acceptors (Lipinski definition) is 10. The summed E-state index contributed by atoms with van der Waals surface area (Å²) in [6, 6.07) is 21.2. The Hall–Kier alpha value is -6.06. The third-order valence-corrected chi connectivity index (χ3v) is 36.9. The molecule has 4 heterocycles. The standard InChI is InChI=1S/C27H22F3N3O4.C26H26F3N5O.C5H9N3.CH4.S13/c1-32(27(34)37-21-8-6-20(7-9-21)33(35)36)14-15-10-17(11-15)24-22-12-19(29)13-23(30)26(22)31-25(24)16-2-4-18(28)5-3-16;1-33-13-20(31-14-33)11-30-26(35)34(2)12-15-7-17(8-15)23-21-9-19(28)10-22(29)25(21)32-24(23)16-3-5-18(27)6-4-16;1-8-3-5(2-6)7-4-8;;1-3-5-7-9-11-13-12-10-8-6-4-2/h2-9,12-13,15,17,31H,10-11,14H2,1H3;3-6,9-10,13-15,17,32H,7-8,11-12H2,1-2H3,(H,30,35);3-4H,2,6H2,1H3;1H4;. The number of halogens is 6. The number of rotatable bonds is 13. The molecule has 16 nitrogen and oxygen atoms in total. The summed E-state index contributed by atoms with van der Waals surface area (Å²) in [6.45, 7) is 1.85. The molecule has 35 heteroatoms. The van der Waals surface area contributed by atoms with Gasteiger partial charge >= 0.3 is 12.1 Å². The number of benzene rings is 5. The first-order valence-corrected chi connectivity index (χ1v) is 43.6. The van der Waals surface area contributed by atoms with Crippen molar-refractivity contribution < 1.29 is 45.6 Å². The number of nitrogens with two attached hydrogens (primary N) is 1. The summed E-state index contributed by atoms with van der Waals surface area (Å²) in [4.78, 5) is 52.6. The molecule has 0 atom stereocenters. The number of fused-ring (bicyclic) bond motifs is 2. The van der Waals surface area contributed by atoms with Crippen molar-refractivity contribution in [1.82, 2.24) is 44.2 Å². The number of H-pyrrole nitrogens is 2. The number of nitro benzene ring substituents is 1. The maximum Gasteiger partial charge on any atom is 0.414 e. The molecule has 2 saturated carbocycles. The number of nitrogens with zero attached hydrogens (tertiary/aromatic N) is 7. The minimum absolute atomic E-state index is 0. The number of carbonyl (C=O) groups is 2. The van der Waals surface area contributed by atoms with E-state index in [0.29, 0.717) is 72.3 Å². The molecule has 2 aliphatic carbocycles. The van der Waals surface area contributed by atoms with Gasteiger partial charge in [-0.15, -0.1) is 0 Å². The molecule has 0 saturated heterocycles. The molecule has 5 aromatic carbocycles. The predicted molar refractivity (Wildman–Crippen MR) is 392 cm³/mol. The quantitative estimate of drug-likeness (QED) is 0.0489. The number of hydrogen-bond donors (Lipinski definition) is 4. The van der Waals surface area contributed by atoms with Crippen LogP contribution in [0.5, 0.6) is 5.75 Å². The highest BCUT2D eigenvalue weighted by Crippen LogP contribution is 2.50. The fraction of sp³-hybridized carbons (Fsp3) is 0.288. The van der Waals surface area contributed by atoms with Crippen molar-refractivity contribution in [3.8, 4) is 28.3 Å². The third kappa shape index (κ3) is 21.2. The number of urea groups is 1. The number of amides is 3. The SMILES string of the molecule is C.CN(CC1CC(c2c(-c3ccc(F)cc3)[nH]c3c(F)cc(F)cc23)C1)C(=O)NCc1cn(C)cn1.CN(CC1CC(c2c(-c3ccc(F)cc3)[nH]c3c(F)cc(F)cc23)C1)C(=O)Oc1ccc([N+](=O)[O-])cc1.Cn1cnc(CN)c1.S=S=S=S=S=S=S=S=S=S=S=S=S. The Bertz CT molecular complexity index is 4640. The highest BCUT2D eigenvalue weighted by atomic mass is 33.5. The second-order valence-electron chi connectivity index (χ2n) is 21.1. The van der Waals surface area contributed by atoms with Gasteiger partial charge < -0.3 is 44.7 Å². The number of carbonyl (C=O) groups excluding carboxylic acids is 2. The van der Waals surface area contributed by atoms with Crippen molar-refractivity contribution in [2.45, 2.75) is 58.0 Å². The number of aryl methyl sites for hydroxylation is 2. The number of aromatic nitrogens is 6. The molecule has 502 valence electrons. The fourth-order valence-electron chi connectivity index (χ4n) is 10.5. The second-order valence-corrected chi connectivity index (χ2v) is 40.5. The number of imidazole rings is 2. The number of nitrogens with one attached hydrogen (secondary N) is 3. The van der Waals surface area contributed by atoms with Gasteiger partial charge in [0.1, 0.15) is 40.7 Å². The van der Waals surface area contributed by atoms with Crippen LogP contribution in [0, 0.1) is 56.9 Å². The van der Waals surface area contributed by atoms with E-state index in [9.17, 15) is 46.0 Å². The first kappa shape index (κ1) is 75.3. The Morgan fingerprint density at radius 3 is 1.44 bits per heavy atom. The minimum atomic E-state index is -0.700. The normalized spacial score (nSPS) is 14.9. The van der Waals surface area contributed by atoms with Crippen molar-refractivity contribution in [2.24, 2.45) is 31.7 Å². The average molecular weight is 1540 g/mol. The van der Waals surface area contributed by atoms with Gasteiger partial charge in [0, 0.05) is 215 Å². The first-order valence-electron chi connectivity index (χ1n) is 27.6. The largest absolute Gasteiger partial charge is 0.414 e. The van der Waals surface area contributed by atoms with Crippen LogP contribution in [-0.2, 0) is 147 Å². The first-order chi connectivity index (χ1) is 44.7. The topological polar surface area (TPSA) is 198 Å². The van der Waals surface area contributed by atoms with Crippen LogP contribution in [0.4, 0.5) is 41.6 Å². The number of aromatic amines is 2. The average Bonchev–Trinajstić information content (AvgIpc) is 1.59. The highest BCUT2D eigenvalue weighted by molar-refractivity contribution is 8.75. The predicted octanol–water partition coefficient (Wildman–Crippen LogP) is 12.6. The van der Waals surface area contributed by atoms with Crippen LogP contribution >= 0.6 is 0 Å². The molecule has 94 heavy (non-hydrogen) atoms. The minimum Gasteiger partial charge on any atom is -0.410 e. The number of non-ortho nitro benzene ring substituents is 1. The summed E-state index contributed by atoms with van der Waals surface area (Å²) in [7, 11) is 25.2. The van der Waals surface area contributed by atoms with Gasteiger partial charge in [-0.2, -0.15) is 0 Å². The molecule has 11 rings (SSSR count). The summed E-state index contributed by atoms with van der Waals surface area (Å²) in [5.74, 6) is -2.80. The summed E-state index contributed by atoms with van der Waals surface area (Å²) in [5.41, 5.74) is 11.6. The highest BCUT2D eigenvalue weighted by Gasteiger charge is 2.38. The van der Waals surface area contributed by atoms with Gasteiger partial charge in [-0.05, 0) is 144 Å². The van der Waals surface area contributed by atoms with E-state index in [0.717, 1.165) is 47.5 Å². The van der Waals surface area contributed by atoms with Crippen LogP contribution < -0.4 is 15.8 Å². The summed E-state index contributed by atoms with van der Waals surface area (Å²) < 4.78 is 93.3. The van der Waals surface area contributed by atoms with Crippen LogP contribution in [-0.4, -0.2) is 83.1 Å². The zero-order valence-corrected chi connectivity index (χ0v) is 60.0. The molecule has 2 fully saturated rings. The van der Waals surface area contributed by atoms with Gasteiger partial charge in [0.25, 0.3) is 5.69 Å². The Morgan fingerprint density at radius 1 is 0.638 bits per heavy atom. The molecule has 2 aliphatic rings. The van der Waals surface area contributed by atoms with Gasteiger partial charge in [0.05, 0.1) is 57.9 Å². The molecule has 0 aliphatic heterocycles. The van der Waals surface area contributed by atoms with Crippen molar-refractivity contribution >= 4 is 160 Å². The molecular formula is C59H61F6N11O5S13. The van der Waals surface area contributed by atoms with E-state index in [1.54, 1.807) is 136 Å². The van der Waals surface area contributed by atoms with E-state index in [4.69, 9.17) is 32.8 Å². The Morgan fingerprint density at radius 2 is 1.05 bits per heavy atom. The van der Waals surface area contributed by atoms with Gasteiger partial charge in [-0.3, -0.25) is 10.1 Å². The Balaban J connectivity index is 0.000000203.